The van der Waals surface area contributed by atoms with E-state index in [9.17, 15) is 8.42 Å². The van der Waals surface area contributed by atoms with Gasteiger partial charge in [0.2, 0.25) is 0 Å². The molecule has 2 aromatic rings. The molecule has 2 heterocycles. The van der Waals surface area contributed by atoms with Crippen molar-refractivity contribution in [1.82, 2.24) is 18.5 Å². The molecule has 0 radical (unpaired) electrons. The van der Waals surface area contributed by atoms with Gasteiger partial charge in [-0.25, -0.2) is 0 Å². The van der Waals surface area contributed by atoms with Crippen LogP contribution >= 0.6 is 0 Å². The number of fused-ring (bicyclic) bond motifs is 2. The molecule has 1 aliphatic heterocycles. The molecule has 0 amide bonds. The highest BCUT2D eigenvalue weighted by Crippen LogP contribution is 2.44. The summed E-state index contributed by atoms with van der Waals surface area (Å²) < 4.78 is 31.2. The van der Waals surface area contributed by atoms with E-state index in [1.54, 1.807) is 14.1 Å². The van der Waals surface area contributed by atoms with Gasteiger partial charge in [-0.3, -0.25) is 4.90 Å². The normalized spacial score (nSPS) is 25.9. The summed E-state index contributed by atoms with van der Waals surface area (Å²) in [6.45, 7) is 3.97. The number of hydrogen-bond acceptors (Lipinski definition) is 3. The molecule has 1 aliphatic carbocycles. The molecule has 4 rings (SSSR count). The third kappa shape index (κ3) is 3.20. The van der Waals surface area contributed by atoms with Crippen molar-refractivity contribution in [3.63, 3.8) is 0 Å². The van der Waals surface area contributed by atoms with Crippen LogP contribution in [0.2, 0.25) is 0 Å². The SMILES string of the molecule is CCCN1C[C@@H](NS(=O)(=O)N(C)C)CC2c3cccc4c3c(cn4C)C[C@H]21. The minimum atomic E-state index is -3.43. The van der Waals surface area contributed by atoms with Crippen molar-refractivity contribution in [3.8, 4) is 0 Å². The topological polar surface area (TPSA) is 57.6 Å². The number of benzene rings is 1. The maximum atomic E-state index is 12.4. The van der Waals surface area contributed by atoms with Crippen molar-refractivity contribution in [2.24, 2.45) is 7.05 Å². The number of nitrogens with one attached hydrogen (secondary N) is 1. The highest BCUT2D eigenvalue weighted by Gasteiger charge is 2.41. The summed E-state index contributed by atoms with van der Waals surface area (Å²) in [5.74, 6) is 0.360. The zero-order chi connectivity index (χ0) is 19.3. The quantitative estimate of drug-likeness (QED) is 0.850. The lowest BCUT2D eigenvalue weighted by Gasteiger charge is -2.47. The number of aryl methyl sites for hydroxylation is 1. The summed E-state index contributed by atoms with van der Waals surface area (Å²) in [6.07, 6.45) is 5.25. The van der Waals surface area contributed by atoms with E-state index < -0.39 is 10.2 Å². The van der Waals surface area contributed by atoms with Gasteiger partial charge in [-0.1, -0.05) is 19.1 Å². The molecule has 6 nitrogen and oxygen atoms in total. The smallest absolute Gasteiger partial charge is 0.279 e. The van der Waals surface area contributed by atoms with Gasteiger partial charge in [0.05, 0.1) is 0 Å². The fourth-order valence-corrected chi connectivity index (χ4v) is 5.82. The Balaban J connectivity index is 1.73. The molecule has 27 heavy (non-hydrogen) atoms. The van der Waals surface area contributed by atoms with Crippen molar-refractivity contribution < 1.29 is 8.42 Å². The molecule has 1 aromatic heterocycles. The van der Waals surface area contributed by atoms with E-state index in [0.29, 0.717) is 12.0 Å². The van der Waals surface area contributed by atoms with Crippen LogP contribution in [-0.2, 0) is 23.7 Å². The molecule has 3 atom stereocenters. The number of aromatic nitrogens is 1. The van der Waals surface area contributed by atoms with Crippen LogP contribution < -0.4 is 4.72 Å². The van der Waals surface area contributed by atoms with E-state index in [0.717, 1.165) is 32.4 Å². The van der Waals surface area contributed by atoms with Crippen LogP contribution in [-0.4, -0.2) is 61.5 Å². The third-order valence-electron chi connectivity index (χ3n) is 6.19. The molecule has 0 bridgehead atoms. The standard InChI is InChI=1S/C20H30N4O2S/c1-5-9-24-13-15(21-27(25,26)22(2)3)11-17-16-7-6-8-18-20(16)14(10-19(17)24)12-23(18)4/h6-8,12,15,17,19,21H,5,9-11,13H2,1-4H3/t15-,17?,19+/m0/s1. The summed E-state index contributed by atoms with van der Waals surface area (Å²) >= 11 is 0. The van der Waals surface area contributed by atoms with Crippen LogP contribution in [0.1, 0.15) is 36.8 Å². The molecule has 1 aromatic carbocycles. The summed E-state index contributed by atoms with van der Waals surface area (Å²) in [5, 5.41) is 1.38. The summed E-state index contributed by atoms with van der Waals surface area (Å²) in [4.78, 5) is 2.51. The molecular formula is C20H30N4O2S. The fraction of sp³-hybridized carbons (Fsp3) is 0.600. The first-order chi connectivity index (χ1) is 12.8. The van der Waals surface area contributed by atoms with Gasteiger partial charge in [0.1, 0.15) is 0 Å². The van der Waals surface area contributed by atoms with Crippen molar-refractivity contribution in [1.29, 1.82) is 0 Å². The molecule has 1 unspecified atom stereocenters. The van der Waals surface area contributed by atoms with Crippen molar-refractivity contribution in [2.45, 2.75) is 44.2 Å². The Bertz CT molecular complexity index is 950. The molecule has 0 saturated carbocycles. The van der Waals surface area contributed by atoms with Crippen LogP contribution in [0.5, 0.6) is 0 Å². The predicted octanol–water partition coefficient (Wildman–Crippen LogP) is 2.07. The fourth-order valence-electron chi connectivity index (χ4n) is 5.02. The second kappa shape index (κ2) is 6.88. The van der Waals surface area contributed by atoms with Gasteiger partial charge in [0.15, 0.2) is 0 Å². The average Bonchev–Trinajstić information content (AvgIpc) is 2.93. The van der Waals surface area contributed by atoms with Gasteiger partial charge in [-0.15, -0.1) is 0 Å². The van der Waals surface area contributed by atoms with Crippen LogP contribution in [0.15, 0.2) is 24.4 Å². The number of rotatable bonds is 5. The minimum Gasteiger partial charge on any atom is -0.350 e. The lowest BCUT2D eigenvalue weighted by Crippen LogP contribution is -2.57. The first-order valence-electron chi connectivity index (χ1n) is 9.82. The number of piperidine rings is 1. The van der Waals surface area contributed by atoms with Crippen molar-refractivity contribution in [2.75, 3.05) is 27.2 Å². The highest BCUT2D eigenvalue weighted by atomic mass is 32.2. The van der Waals surface area contributed by atoms with E-state index in [1.165, 1.54) is 26.3 Å². The first-order valence-corrected chi connectivity index (χ1v) is 11.3. The van der Waals surface area contributed by atoms with Gasteiger partial charge < -0.3 is 4.57 Å². The third-order valence-corrected chi connectivity index (χ3v) is 7.78. The lowest BCUT2D eigenvalue weighted by atomic mass is 9.74. The van der Waals surface area contributed by atoms with Gasteiger partial charge in [0.25, 0.3) is 10.2 Å². The van der Waals surface area contributed by atoms with Gasteiger partial charge in [0, 0.05) is 62.8 Å². The molecule has 148 valence electrons. The Morgan fingerprint density at radius 1 is 1.30 bits per heavy atom. The lowest BCUT2D eigenvalue weighted by molar-refractivity contribution is 0.105. The number of likely N-dealkylation sites (tertiary alicyclic amines) is 1. The first kappa shape index (κ1) is 18.9. The maximum Gasteiger partial charge on any atom is 0.279 e. The van der Waals surface area contributed by atoms with E-state index in [-0.39, 0.29) is 6.04 Å². The predicted molar refractivity (Wildman–Crippen MR) is 109 cm³/mol. The second-order valence-electron chi connectivity index (χ2n) is 8.22. The zero-order valence-corrected chi connectivity index (χ0v) is 17.5. The van der Waals surface area contributed by atoms with E-state index in [4.69, 9.17) is 0 Å². The van der Waals surface area contributed by atoms with E-state index >= 15 is 0 Å². The van der Waals surface area contributed by atoms with E-state index in [2.05, 4.69) is 52.6 Å². The molecule has 1 N–H and O–H groups in total. The van der Waals surface area contributed by atoms with Gasteiger partial charge >= 0.3 is 0 Å². The summed E-state index contributed by atoms with van der Waals surface area (Å²) in [5.41, 5.74) is 4.09. The number of hydrogen-bond donors (Lipinski definition) is 1. The average molecular weight is 391 g/mol. The monoisotopic (exact) mass is 390 g/mol. The second-order valence-corrected chi connectivity index (χ2v) is 10.1. The van der Waals surface area contributed by atoms with Crippen molar-refractivity contribution >= 4 is 21.1 Å². The molecule has 1 saturated heterocycles. The molecule has 2 aliphatic rings. The number of nitrogens with zero attached hydrogens (tertiary/aromatic N) is 3. The molecule has 7 heteroatoms. The van der Waals surface area contributed by atoms with Gasteiger partial charge in [-0.2, -0.15) is 17.4 Å². The maximum absolute atomic E-state index is 12.4. The van der Waals surface area contributed by atoms with Crippen LogP contribution in [0, 0.1) is 0 Å². The molecule has 0 spiro atoms. The minimum absolute atomic E-state index is 0.0641. The molecule has 1 fully saturated rings. The van der Waals surface area contributed by atoms with Crippen LogP contribution in [0.3, 0.4) is 0 Å². The Morgan fingerprint density at radius 3 is 2.78 bits per heavy atom. The Kier molecular flexibility index (Phi) is 4.83. The largest absolute Gasteiger partial charge is 0.350 e. The zero-order valence-electron chi connectivity index (χ0n) is 16.6. The molecular weight excluding hydrogens is 360 g/mol. The van der Waals surface area contributed by atoms with Gasteiger partial charge in [-0.05, 0) is 43.0 Å². The Labute approximate surface area is 162 Å². The van der Waals surface area contributed by atoms with Crippen molar-refractivity contribution in [3.05, 3.63) is 35.5 Å². The highest BCUT2D eigenvalue weighted by molar-refractivity contribution is 7.87. The van der Waals surface area contributed by atoms with Crippen LogP contribution in [0.4, 0.5) is 0 Å². The Hall–Kier alpha value is -1.41. The van der Waals surface area contributed by atoms with E-state index in [1.807, 2.05) is 0 Å². The summed E-state index contributed by atoms with van der Waals surface area (Å²) in [7, 11) is 1.84. The van der Waals surface area contributed by atoms with Crippen LogP contribution in [0.25, 0.3) is 10.9 Å². The summed E-state index contributed by atoms with van der Waals surface area (Å²) in [6, 6.07) is 6.95. The Morgan fingerprint density at radius 2 is 2.07 bits per heavy atom.